The van der Waals surface area contributed by atoms with Crippen molar-refractivity contribution in [2.45, 2.75) is 31.9 Å². The van der Waals surface area contributed by atoms with Crippen LogP contribution >= 0.6 is 0 Å². The van der Waals surface area contributed by atoms with Gasteiger partial charge in [0.15, 0.2) is 0 Å². The summed E-state index contributed by atoms with van der Waals surface area (Å²) in [7, 11) is 0. The molecule has 1 heterocycles. The molecule has 1 atom stereocenters. The Kier molecular flexibility index (Phi) is 3.46. The van der Waals surface area contributed by atoms with Gasteiger partial charge in [0.1, 0.15) is 5.82 Å². The second-order valence-electron chi connectivity index (χ2n) is 5.60. The largest absolute Gasteiger partial charge is 0.389 e. The van der Waals surface area contributed by atoms with Crippen LogP contribution in [0.4, 0.5) is 10.1 Å². The first-order valence-electron chi connectivity index (χ1n) is 7.12. The summed E-state index contributed by atoms with van der Waals surface area (Å²) < 4.78 is 13.9. The van der Waals surface area contributed by atoms with Gasteiger partial charge in [-0.2, -0.15) is 0 Å². The number of hydrogen-bond donors (Lipinski definition) is 1. The molecule has 1 aromatic carbocycles. The summed E-state index contributed by atoms with van der Waals surface area (Å²) in [5, 5.41) is 9.79. The van der Waals surface area contributed by atoms with E-state index in [-0.39, 0.29) is 5.82 Å². The molecule has 1 aromatic rings. The average molecular weight is 264 g/mol. The van der Waals surface area contributed by atoms with Crippen LogP contribution in [0.3, 0.4) is 0 Å². The number of aliphatic hydroxyl groups excluding tert-OH is 1. The van der Waals surface area contributed by atoms with E-state index in [1.165, 1.54) is 18.9 Å². The lowest BCUT2D eigenvalue weighted by Crippen LogP contribution is -2.47. The van der Waals surface area contributed by atoms with Gasteiger partial charge in [-0.3, -0.25) is 4.90 Å². The number of hydrogen-bond acceptors (Lipinski definition) is 3. The Labute approximate surface area is 113 Å². The second kappa shape index (κ2) is 5.10. The molecule has 0 radical (unpaired) electrons. The van der Waals surface area contributed by atoms with Crippen LogP contribution in [-0.4, -0.2) is 42.2 Å². The highest BCUT2D eigenvalue weighted by Crippen LogP contribution is 2.32. The van der Waals surface area contributed by atoms with Gasteiger partial charge >= 0.3 is 0 Å². The summed E-state index contributed by atoms with van der Waals surface area (Å²) in [6.45, 7) is 5.54. The van der Waals surface area contributed by atoms with E-state index in [2.05, 4.69) is 9.80 Å². The Morgan fingerprint density at radius 2 is 1.89 bits per heavy atom. The van der Waals surface area contributed by atoms with Crippen LogP contribution in [0.1, 0.15) is 31.4 Å². The van der Waals surface area contributed by atoms with Crippen molar-refractivity contribution in [3.8, 4) is 0 Å². The average Bonchev–Trinajstić information content (AvgIpc) is 3.22. The van der Waals surface area contributed by atoms with Gasteiger partial charge in [0.25, 0.3) is 0 Å². The zero-order chi connectivity index (χ0) is 13.4. The van der Waals surface area contributed by atoms with E-state index in [9.17, 15) is 9.50 Å². The number of benzene rings is 1. The lowest BCUT2D eigenvalue weighted by Gasteiger charge is -2.37. The fraction of sp³-hybridized carbons (Fsp3) is 0.600. The molecule has 0 spiro atoms. The predicted octanol–water partition coefficient (Wildman–Crippen LogP) is 2.16. The van der Waals surface area contributed by atoms with E-state index in [0.717, 1.165) is 37.9 Å². The van der Waals surface area contributed by atoms with Crippen LogP contribution in [0.25, 0.3) is 0 Å². The van der Waals surface area contributed by atoms with E-state index in [1.807, 2.05) is 6.07 Å². The van der Waals surface area contributed by atoms with Gasteiger partial charge in [-0.05, 0) is 31.9 Å². The monoisotopic (exact) mass is 264 g/mol. The Morgan fingerprint density at radius 1 is 1.21 bits per heavy atom. The van der Waals surface area contributed by atoms with Crippen molar-refractivity contribution in [1.29, 1.82) is 0 Å². The first-order chi connectivity index (χ1) is 9.16. The molecule has 0 bridgehead atoms. The van der Waals surface area contributed by atoms with Gasteiger partial charge in [-0.15, -0.1) is 0 Å². The second-order valence-corrected chi connectivity index (χ2v) is 5.60. The highest BCUT2D eigenvalue weighted by molar-refractivity contribution is 5.55. The summed E-state index contributed by atoms with van der Waals surface area (Å²) in [6.07, 6.45) is 1.90. The van der Waals surface area contributed by atoms with Gasteiger partial charge in [-0.1, -0.05) is 6.07 Å². The molecule has 2 aliphatic rings. The van der Waals surface area contributed by atoms with Crippen molar-refractivity contribution in [1.82, 2.24) is 4.90 Å². The van der Waals surface area contributed by atoms with Gasteiger partial charge < -0.3 is 10.0 Å². The molecule has 1 saturated carbocycles. The van der Waals surface area contributed by atoms with Crippen LogP contribution in [0.15, 0.2) is 18.2 Å². The molecular weight excluding hydrogens is 243 g/mol. The van der Waals surface area contributed by atoms with Crippen LogP contribution in [-0.2, 0) is 0 Å². The molecule has 104 valence electrons. The molecule has 1 N–H and O–H groups in total. The number of rotatable bonds is 3. The van der Waals surface area contributed by atoms with Crippen molar-refractivity contribution in [3.63, 3.8) is 0 Å². The minimum absolute atomic E-state index is 0.308. The van der Waals surface area contributed by atoms with Crippen molar-refractivity contribution in [2.75, 3.05) is 31.1 Å². The molecular formula is C15H21FN2O. The van der Waals surface area contributed by atoms with E-state index < -0.39 is 6.10 Å². The summed E-state index contributed by atoms with van der Waals surface area (Å²) in [5.41, 5.74) is 1.29. The molecule has 4 heteroatoms. The zero-order valence-corrected chi connectivity index (χ0v) is 11.3. The standard InChI is InChI=1S/C15H21FN2O/c1-11(19)15-13(16)3-2-4-14(15)18-9-7-17(8-10-18)12-5-6-12/h2-4,11-12,19H,5-10H2,1H3/t11-/m1/s1. The smallest absolute Gasteiger partial charge is 0.131 e. The van der Waals surface area contributed by atoms with Crippen molar-refractivity contribution in [3.05, 3.63) is 29.6 Å². The number of halogens is 1. The maximum Gasteiger partial charge on any atom is 0.131 e. The molecule has 0 unspecified atom stereocenters. The van der Waals surface area contributed by atoms with Gasteiger partial charge in [-0.25, -0.2) is 4.39 Å². The summed E-state index contributed by atoms with van der Waals surface area (Å²) >= 11 is 0. The quantitative estimate of drug-likeness (QED) is 0.906. The summed E-state index contributed by atoms with van der Waals surface area (Å²) in [6, 6.07) is 5.86. The number of aliphatic hydroxyl groups is 1. The van der Waals surface area contributed by atoms with Crippen LogP contribution < -0.4 is 4.90 Å². The Morgan fingerprint density at radius 3 is 2.47 bits per heavy atom. The minimum Gasteiger partial charge on any atom is -0.389 e. The lowest BCUT2D eigenvalue weighted by atomic mass is 10.1. The molecule has 0 aromatic heterocycles. The van der Waals surface area contributed by atoms with E-state index in [0.29, 0.717) is 5.56 Å². The normalized spacial score (nSPS) is 22.6. The predicted molar refractivity (Wildman–Crippen MR) is 73.8 cm³/mol. The highest BCUT2D eigenvalue weighted by Gasteiger charge is 2.31. The molecule has 19 heavy (non-hydrogen) atoms. The first kappa shape index (κ1) is 12.9. The highest BCUT2D eigenvalue weighted by atomic mass is 19.1. The molecule has 3 nitrogen and oxygen atoms in total. The Bertz CT molecular complexity index is 451. The van der Waals surface area contributed by atoms with Gasteiger partial charge in [0, 0.05) is 43.5 Å². The number of nitrogens with zero attached hydrogens (tertiary/aromatic N) is 2. The van der Waals surface area contributed by atoms with E-state index >= 15 is 0 Å². The van der Waals surface area contributed by atoms with Crippen LogP contribution in [0, 0.1) is 5.82 Å². The first-order valence-corrected chi connectivity index (χ1v) is 7.12. The molecule has 3 rings (SSSR count). The summed E-state index contributed by atoms with van der Waals surface area (Å²) in [5.74, 6) is -0.308. The van der Waals surface area contributed by atoms with E-state index in [1.54, 1.807) is 13.0 Å². The maximum absolute atomic E-state index is 13.9. The maximum atomic E-state index is 13.9. The number of piperazine rings is 1. The zero-order valence-electron chi connectivity index (χ0n) is 11.3. The van der Waals surface area contributed by atoms with Crippen molar-refractivity contribution < 1.29 is 9.50 Å². The molecule has 1 saturated heterocycles. The minimum atomic E-state index is -0.766. The third kappa shape index (κ3) is 2.60. The third-order valence-corrected chi connectivity index (χ3v) is 4.17. The SMILES string of the molecule is C[C@@H](O)c1c(F)cccc1N1CCN(C2CC2)CC1. The summed E-state index contributed by atoms with van der Waals surface area (Å²) in [4.78, 5) is 4.72. The fourth-order valence-corrected chi connectivity index (χ4v) is 2.98. The number of anilines is 1. The lowest BCUT2D eigenvalue weighted by molar-refractivity contribution is 0.193. The molecule has 1 aliphatic heterocycles. The van der Waals surface area contributed by atoms with Crippen LogP contribution in [0.2, 0.25) is 0 Å². The fourth-order valence-electron chi connectivity index (χ4n) is 2.98. The van der Waals surface area contributed by atoms with E-state index in [4.69, 9.17) is 0 Å². The van der Waals surface area contributed by atoms with Crippen molar-refractivity contribution >= 4 is 5.69 Å². The Balaban J connectivity index is 1.77. The van der Waals surface area contributed by atoms with Gasteiger partial charge in [0.2, 0.25) is 0 Å². The third-order valence-electron chi connectivity index (χ3n) is 4.17. The molecule has 2 fully saturated rings. The molecule has 1 aliphatic carbocycles. The molecule has 0 amide bonds. The van der Waals surface area contributed by atoms with Crippen LogP contribution in [0.5, 0.6) is 0 Å². The van der Waals surface area contributed by atoms with Crippen molar-refractivity contribution in [2.24, 2.45) is 0 Å². The van der Waals surface area contributed by atoms with Gasteiger partial charge in [0.05, 0.1) is 6.10 Å². The topological polar surface area (TPSA) is 26.7 Å². The Hall–Kier alpha value is -1.13.